The van der Waals surface area contributed by atoms with E-state index < -0.39 is 5.54 Å². The Kier molecular flexibility index (Phi) is 6.57. The van der Waals surface area contributed by atoms with Crippen molar-refractivity contribution in [2.45, 2.75) is 32.4 Å². The van der Waals surface area contributed by atoms with Crippen LogP contribution in [0.15, 0.2) is 60.9 Å². The number of piperazine rings is 1. The molecular weight excluding hydrogens is 497 g/mol. The molecule has 9 heteroatoms. The molecule has 1 aliphatic rings. The molecule has 1 saturated heterocycles. The number of hydrogen-bond donors (Lipinski definition) is 1. The van der Waals surface area contributed by atoms with E-state index >= 15 is 0 Å². The number of thiophene rings is 1. The first-order chi connectivity index (χ1) is 17.2. The van der Waals surface area contributed by atoms with Crippen LogP contribution < -0.4 is 10.2 Å². The third-order valence-electron chi connectivity index (χ3n) is 6.56. The van der Waals surface area contributed by atoms with Crippen molar-refractivity contribution < 1.29 is 9.18 Å². The van der Waals surface area contributed by atoms with Gasteiger partial charge in [0, 0.05) is 29.5 Å². The second kappa shape index (κ2) is 9.67. The predicted octanol–water partition coefficient (Wildman–Crippen LogP) is 6.52. The quantitative estimate of drug-likeness (QED) is 0.330. The number of hydrogen-bond acceptors (Lipinski definition) is 5. The first kappa shape index (κ1) is 24.5. The summed E-state index contributed by atoms with van der Waals surface area (Å²) in [6.07, 6.45) is 1.58. The molecule has 0 aliphatic carbocycles. The van der Waals surface area contributed by atoms with Crippen molar-refractivity contribution >= 4 is 45.0 Å². The van der Waals surface area contributed by atoms with E-state index in [1.165, 1.54) is 12.1 Å². The van der Waals surface area contributed by atoms with E-state index in [4.69, 9.17) is 11.6 Å². The molecule has 2 amide bonds. The molecule has 186 valence electrons. The fourth-order valence-electron chi connectivity index (χ4n) is 4.66. The molecule has 1 aliphatic heterocycles. The van der Waals surface area contributed by atoms with Crippen LogP contribution >= 0.6 is 22.9 Å². The molecule has 0 spiro atoms. The van der Waals surface area contributed by atoms with Gasteiger partial charge in [-0.05, 0) is 62.2 Å². The molecule has 6 nitrogen and oxygen atoms in total. The summed E-state index contributed by atoms with van der Waals surface area (Å²) in [5, 5.41) is 3.77. The van der Waals surface area contributed by atoms with Crippen LogP contribution in [0.3, 0.4) is 0 Å². The molecule has 3 heterocycles. The number of fused-ring (bicyclic) bond motifs is 1. The van der Waals surface area contributed by atoms with Gasteiger partial charge in [-0.25, -0.2) is 19.2 Å². The summed E-state index contributed by atoms with van der Waals surface area (Å²) in [5.41, 5.74) is 2.34. The topological polar surface area (TPSA) is 61.4 Å². The number of nitrogens with one attached hydrogen (secondary N) is 1. The molecule has 0 saturated carbocycles. The SMILES string of the molecule is C[C@H](NC(=O)N1CCN(c2ncnc3cc(-c4ccc(F)cc4)sc23)CC1(C)C)c1cccc(Cl)c1. The standard InChI is InChI=1S/C27H27ClFN5OS/c1-17(19-5-4-6-20(28)13-19)32-26(35)34-12-11-33(15-27(34,2)3)25-24-22(30-16-31-25)14-23(36-24)18-7-9-21(29)10-8-18/h4-10,13-14,16-17H,11-12,15H2,1-3H3,(H,32,35)/t17-/m0/s1. The van der Waals surface area contributed by atoms with Crippen molar-refractivity contribution in [1.82, 2.24) is 20.2 Å². The van der Waals surface area contributed by atoms with E-state index in [9.17, 15) is 9.18 Å². The molecule has 0 radical (unpaired) electrons. The Hall–Kier alpha value is -3.23. The minimum Gasteiger partial charge on any atom is -0.351 e. The average Bonchev–Trinajstić information content (AvgIpc) is 3.28. The number of carbonyl (C=O) groups is 1. The van der Waals surface area contributed by atoms with Crippen LogP contribution in [0.4, 0.5) is 15.0 Å². The van der Waals surface area contributed by atoms with Crippen LogP contribution in [0.2, 0.25) is 5.02 Å². The van der Waals surface area contributed by atoms with Gasteiger partial charge in [0.05, 0.1) is 21.8 Å². The summed E-state index contributed by atoms with van der Waals surface area (Å²) in [5.74, 6) is 0.602. The third kappa shape index (κ3) is 4.88. The minimum atomic E-state index is -0.426. The normalized spacial score (nSPS) is 16.2. The Morgan fingerprint density at radius 2 is 1.92 bits per heavy atom. The van der Waals surface area contributed by atoms with Gasteiger partial charge < -0.3 is 15.1 Å². The maximum atomic E-state index is 13.4. The van der Waals surface area contributed by atoms with Crippen molar-refractivity contribution in [2.24, 2.45) is 0 Å². The Morgan fingerprint density at radius 1 is 1.14 bits per heavy atom. The Balaban J connectivity index is 1.34. The van der Waals surface area contributed by atoms with Crippen LogP contribution in [-0.4, -0.2) is 46.1 Å². The van der Waals surface area contributed by atoms with E-state index in [1.54, 1.807) is 29.8 Å². The highest BCUT2D eigenvalue weighted by Crippen LogP contribution is 2.38. The van der Waals surface area contributed by atoms with Crippen molar-refractivity contribution in [1.29, 1.82) is 0 Å². The number of urea groups is 1. The lowest BCUT2D eigenvalue weighted by atomic mass is 9.99. The van der Waals surface area contributed by atoms with Gasteiger partial charge in [0.2, 0.25) is 0 Å². The maximum Gasteiger partial charge on any atom is 0.318 e. The zero-order chi connectivity index (χ0) is 25.4. The first-order valence-corrected chi connectivity index (χ1v) is 13.0. The summed E-state index contributed by atoms with van der Waals surface area (Å²) in [6, 6.07) is 15.8. The summed E-state index contributed by atoms with van der Waals surface area (Å²) in [6.45, 7) is 7.93. The smallest absolute Gasteiger partial charge is 0.318 e. The van der Waals surface area contributed by atoms with Gasteiger partial charge in [-0.3, -0.25) is 0 Å². The lowest BCUT2D eigenvalue weighted by molar-refractivity contribution is 0.121. The highest BCUT2D eigenvalue weighted by molar-refractivity contribution is 7.22. The summed E-state index contributed by atoms with van der Waals surface area (Å²) >= 11 is 7.72. The number of anilines is 1. The lowest BCUT2D eigenvalue weighted by Gasteiger charge is -2.47. The van der Waals surface area contributed by atoms with Crippen LogP contribution in [0.25, 0.3) is 20.7 Å². The Bertz CT molecular complexity index is 1410. The number of nitrogens with zero attached hydrogens (tertiary/aromatic N) is 4. The van der Waals surface area contributed by atoms with E-state index in [0.29, 0.717) is 24.7 Å². The molecule has 1 atom stereocenters. The number of rotatable bonds is 4. The fourth-order valence-corrected chi connectivity index (χ4v) is 5.99. The first-order valence-electron chi connectivity index (χ1n) is 11.8. The van der Waals surface area contributed by atoms with Crippen molar-refractivity contribution in [3.63, 3.8) is 0 Å². The summed E-state index contributed by atoms with van der Waals surface area (Å²) in [4.78, 5) is 27.4. The number of benzene rings is 2. The second-order valence-corrected chi connectivity index (χ2v) is 11.1. The largest absolute Gasteiger partial charge is 0.351 e. The van der Waals surface area contributed by atoms with E-state index in [0.717, 1.165) is 32.0 Å². The van der Waals surface area contributed by atoms with Crippen LogP contribution in [-0.2, 0) is 0 Å². The van der Waals surface area contributed by atoms with Crippen LogP contribution in [0, 0.1) is 5.82 Å². The monoisotopic (exact) mass is 523 g/mol. The highest BCUT2D eigenvalue weighted by Gasteiger charge is 2.38. The molecule has 2 aromatic carbocycles. The zero-order valence-electron chi connectivity index (χ0n) is 20.3. The average molecular weight is 524 g/mol. The molecule has 5 rings (SSSR count). The van der Waals surface area contributed by atoms with E-state index in [2.05, 4.69) is 34.0 Å². The van der Waals surface area contributed by atoms with Crippen molar-refractivity contribution in [3.8, 4) is 10.4 Å². The minimum absolute atomic E-state index is 0.102. The Labute approximate surface area is 218 Å². The fraction of sp³-hybridized carbons (Fsp3) is 0.296. The van der Waals surface area contributed by atoms with Gasteiger partial charge in [0.25, 0.3) is 0 Å². The number of halogens is 2. The number of carbonyl (C=O) groups excluding carboxylic acids is 1. The van der Waals surface area contributed by atoms with Crippen molar-refractivity contribution in [2.75, 3.05) is 24.5 Å². The lowest BCUT2D eigenvalue weighted by Crippen LogP contribution is -2.63. The molecular formula is C27H27ClFN5OS. The molecule has 36 heavy (non-hydrogen) atoms. The van der Waals surface area contributed by atoms with Gasteiger partial charge in [-0.1, -0.05) is 35.9 Å². The maximum absolute atomic E-state index is 13.4. The predicted molar refractivity (Wildman–Crippen MR) is 144 cm³/mol. The molecule has 0 bridgehead atoms. The molecule has 1 fully saturated rings. The van der Waals surface area contributed by atoms with Gasteiger partial charge in [-0.15, -0.1) is 11.3 Å². The Morgan fingerprint density at radius 3 is 2.64 bits per heavy atom. The summed E-state index contributed by atoms with van der Waals surface area (Å²) in [7, 11) is 0. The van der Waals surface area contributed by atoms with Gasteiger partial charge in [-0.2, -0.15) is 0 Å². The van der Waals surface area contributed by atoms with Gasteiger partial charge in [0.15, 0.2) is 0 Å². The summed E-state index contributed by atoms with van der Waals surface area (Å²) < 4.78 is 14.4. The molecule has 2 aromatic heterocycles. The number of amides is 2. The zero-order valence-corrected chi connectivity index (χ0v) is 21.9. The van der Waals surface area contributed by atoms with Crippen LogP contribution in [0.5, 0.6) is 0 Å². The van der Waals surface area contributed by atoms with Crippen LogP contribution in [0.1, 0.15) is 32.4 Å². The molecule has 1 N–H and O–H groups in total. The third-order valence-corrected chi connectivity index (χ3v) is 7.96. The van der Waals surface area contributed by atoms with E-state index in [1.807, 2.05) is 42.2 Å². The number of aromatic nitrogens is 2. The van der Waals surface area contributed by atoms with E-state index in [-0.39, 0.29) is 17.9 Å². The second-order valence-electron chi connectivity index (χ2n) is 9.64. The van der Waals surface area contributed by atoms with Crippen molar-refractivity contribution in [3.05, 3.63) is 77.3 Å². The van der Waals surface area contributed by atoms with Gasteiger partial charge >= 0.3 is 6.03 Å². The molecule has 4 aromatic rings. The van der Waals surface area contributed by atoms with Gasteiger partial charge in [0.1, 0.15) is 18.0 Å². The molecule has 0 unspecified atom stereocenters. The highest BCUT2D eigenvalue weighted by atomic mass is 35.5.